The van der Waals surface area contributed by atoms with Crippen LogP contribution in [0.4, 0.5) is 0 Å². The smallest absolute Gasteiger partial charge is 0.232 e. The minimum absolute atomic E-state index is 0.143. The molecule has 0 atom stereocenters. The molecule has 1 aliphatic carbocycles. The van der Waals surface area contributed by atoms with Crippen LogP contribution in [0.1, 0.15) is 75.9 Å². The van der Waals surface area contributed by atoms with Crippen LogP contribution in [-0.4, -0.2) is 23.2 Å². The zero-order valence-electron chi connectivity index (χ0n) is 12.0. The highest BCUT2D eigenvalue weighted by molar-refractivity contribution is 5.09. The molecule has 0 bridgehead atoms. The van der Waals surface area contributed by atoms with Crippen molar-refractivity contribution in [3.05, 3.63) is 11.7 Å². The number of piperidine rings is 1. The van der Waals surface area contributed by atoms with Gasteiger partial charge in [0.05, 0.1) is 5.41 Å². The molecule has 1 N–H and O–H groups in total. The molecular weight excluding hydrogens is 238 g/mol. The molecule has 1 aromatic rings. The van der Waals surface area contributed by atoms with Crippen LogP contribution in [-0.2, 0) is 5.41 Å². The van der Waals surface area contributed by atoms with Gasteiger partial charge in [-0.2, -0.15) is 4.98 Å². The third kappa shape index (κ3) is 2.55. The Kier molecular flexibility index (Phi) is 3.87. The maximum Gasteiger partial charge on any atom is 0.232 e. The van der Waals surface area contributed by atoms with E-state index in [2.05, 4.69) is 17.4 Å². The summed E-state index contributed by atoms with van der Waals surface area (Å²) in [6, 6.07) is 0. The molecule has 3 rings (SSSR count). The lowest BCUT2D eigenvalue weighted by Crippen LogP contribution is -2.40. The molecular formula is C15H25N3O. The van der Waals surface area contributed by atoms with Crippen LogP contribution in [0.3, 0.4) is 0 Å². The van der Waals surface area contributed by atoms with Gasteiger partial charge in [0, 0.05) is 5.92 Å². The van der Waals surface area contributed by atoms with E-state index in [1.165, 1.54) is 38.5 Å². The van der Waals surface area contributed by atoms with Crippen LogP contribution in [0, 0.1) is 0 Å². The van der Waals surface area contributed by atoms with Gasteiger partial charge in [-0.1, -0.05) is 31.3 Å². The lowest BCUT2D eigenvalue weighted by Gasteiger charge is -2.34. The topological polar surface area (TPSA) is 51.0 Å². The van der Waals surface area contributed by atoms with E-state index in [0.717, 1.165) is 37.6 Å². The standard InChI is InChI=1S/C15H25N3O/c1-2-7-15(8-10-16-11-9-15)14-17-13(18-19-14)12-5-3-4-6-12/h12,16H,2-11H2,1H3. The van der Waals surface area contributed by atoms with Crippen LogP contribution < -0.4 is 5.32 Å². The lowest BCUT2D eigenvalue weighted by molar-refractivity contribution is 0.208. The molecule has 0 aromatic carbocycles. The summed E-state index contributed by atoms with van der Waals surface area (Å²) in [6.07, 6.45) is 9.72. The zero-order valence-corrected chi connectivity index (χ0v) is 12.0. The van der Waals surface area contributed by atoms with Crippen LogP contribution in [0.25, 0.3) is 0 Å². The summed E-state index contributed by atoms with van der Waals surface area (Å²) in [5.74, 6) is 2.44. The Balaban J connectivity index is 1.81. The van der Waals surface area contributed by atoms with Crippen molar-refractivity contribution in [2.24, 2.45) is 0 Å². The van der Waals surface area contributed by atoms with E-state index in [9.17, 15) is 0 Å². The van der Waals surface area contributed by atoms with Crippen molar-refractivity contribution in [3.8, 4) is 0 Å². The molecule has 19 heavy (non-hydrogen) atoms. The van der Waals surface area contributed by atoms with Gasteiger partial charge in [-0.15, -0.1) is 0 Å². The van der Waals surface area contributed by atoms with Gasteiger partial charge in [0.2, 0.25) is 5.89 Å². The maximum absolute atomic E-state index is 5.68. The molecule has 4 nitrogen and oxygen atoms in total. The van der Waals surface area contributed by atoms with Crippen molar-refractivity contribution in [3.63, 3.8) is 0 Å². The first-order chi connectivity index (χ1) is 9.34. The molecule has 106 valence electrons. The molecule has 0 radical (unpaired) electrons. The summed E-state index contributed by atoms with van der Waals surface area (Å²) < 4.78 is 5.68. The Morgan fingerprint density at radius 1 is 1.26 bits per heavy atom. The molecule has 2 fully saturated rings. The fourth-order valence-electron chi connectivity index (χ4n) is 3.75. The van der Waals surface area contributed by atoms with Gasteiger partial charge in [-0.25, -0.2) is 0 Å². The summed E-state index contributed by atoms with van der Waals surface area (Å²) in [4.78, 5) is 4.80. The summed E-state index contributed by atoms with van der Waals surface area (Å²) in [5, 5.41) is 7.73. The van der Waals surface area contributed by atoms with Gasteiger partial charge in [0.25, 0.3) is 0 Å². The third-order valence-electron chi connectivity index (χ3n) is 4.90. The Bertz CT molecular complexity index is 398. The summed E-state index contributed by atoms with van der Waals surface area (Å²) >= 11 is 0. The van der Waals surface area contributed by atoms with Crippen molar-refractivity contribution in [2.45, 2.75) is 69.6 Å². The van der Waals surface area contributed by atoms with Crippen molar-refractivity contribution >= 4 is 0 Å². The Hall–Kier alpha value is -0.900. The van der Waals surface area contributed by atoms with Crippen LogP contribution in [0.15, 0.2) is 4.52 Å². The largest absolute Gasteiger partial charge is 0.339 e. The van der Waals surface area contributed by atoms with Gasteiger partial charge in [-0.05, 0) is 45.2 Å². The zero-order chi connectivity index (χ0) is 13.1. The van der Waals surface area contributed by atoms with E-state index in [4.69, 9.17) is 9.51 Å². The SMILES string of the molecule is CCCC1(c2nc(C3CCCC3)no2)CCNCC1. The fraction of sp³-hybridized carbons (Fsp3) is 0.867. The second-order valence-corrected chi connectivity index (χ2v) is 6.22. The first-order valence-corrected chi connectivity index (χ1v) is 7.89. The molecule has 1 aromatic heterocycles. The molecule has 2 aliphatic rings. The molecule has 1 aliphatic heterocycles. The normalized spacial score (nSPS) is 23.8. The van der Waals surface area contributed by atoms with Gasteiger partial charge >= 0.3 is 0 Å². The summed E-state index contributed by atoms with van der Waals surface area (Å²) in [6.45, 7) is 4.39. The van der Waals surface area contributed by atoms with Gasteiger partial charge < -0.3 is 9.84 Å². The highest BCUT2D eigenvalue weighted by atomic mass is 16.5. The monoisotopic (exact) mass is 263 g/mol. The highest BCUT2D eigenvalue weighted by Crippen LogP contribution is 2.39. The van der Waals surface area contributed by atoms with Crippen molar-refractivity contribution < 1.29 is 4.52 Å². The summed E-state index contributed by atoms with van der Waals surface area (Å²) in [7, 11) is 0. The summed E-state index contributed by atoms with van der Waals surface area (Å²) in [5.41, 5.74) is 0.143. The minimum atomic E-state index is 0.143. The second-order valence-electron chi connectivity index (χ2n) is 6.22. The van der Waals surface area contributed by atoms with Gasteiger partial charge in [-0.3, -0.25) is 0 Å². The highest BCUT2D eigenvalue weighted by Gasteiger charge is 2.39. The van der Waals surface area contributed by atoms with E-state index in [-0.39, 0.29) is 5.41 Å². The average Bonchev–Trinajstić information content (AvgIpc) is 3.11. The number of nitrogens with one attached hydrogen (secondary N) is 1. The van der Waals surface area contributed by atoms with E-state index in [0.29, 0.717) is 5.92 Å². The molecule has 0 amide bonds. The fourth-order valence-corrected chi connectivity index (χ4v) is 3.75. The number of hydrogen-bond acceptors (Lipinski definition) is 4. The molecule has 2 heterocycles. The number of rotatable bonds is 4. The Morgan fingerprint density at radius 2 is 2.00 bits per heavy atom. The quantitative estimate of drug-likeness (QED) is 0.906. The van der Waals surface area contributed by atoms with Crippen LogP contribution >= 0.6 is 0 Å². The predicted octanol–water partition coefficient (Wildman–Crippen LogP) is 3.15. The van der Waals surface area contributed by atoms with Gasteiger partial charge in [0.15, 0.2) is 5.82 Å². The lowest BCUT2D eigenvalue weighted by atomic mass is 9.75. The molecule has 4 heteroatoms. The number of aromatic nitrogens is 2. The van der Waals surface area contributed by atoms with Crippen molar-refractivity contribution in [1.29, 1.82) is 0 Å². The Morgan fingerprint density at radius 3 is 2.68 bits per heavy atom. The van der Waals surface area contributed by atoms with E-state index in [1.54, 1.807) is 0 Å². The molecule has 1 saturated carbocycles. The molecule has 0 unspecified atom stereocenters. The van der Waals surface area contributed by atoms with Gasteiger partial charge in [0.1, 0.15) is 0 Å². The number of hydrogen-bond donors (Lipinski definition) is 1. The molecule has 1 saturated heterocycles. The predicted molar refractivity (Wildman–Crippen MR) is 74.2 cm³/mol. The molecule has 0 spiro atoms. The van der Waals surface area contributed by atoms with E-state index < -0.39 is 0 Å². The van der Waals surface area contributed by atoms with Crippen molar-refractivity contribution in [1.82, 2.24) is 15.5 Å². The third-order valence-corrected chi connectivity index (χ3v) is 4.90. The second kappa shape index (κ2) is 5.61. The maximum atomic E-state index is 5.68. The Labute approximate surface area is 115 Å². The van der Waals surface area contributed by atoms with Crippen LogP contribution in [0.5, 0.6) is 0 Å². The average molecular weight is 263 g/mol. The first-order valence-electron chi connectivity index (χ1n) is 7.89. The first kappa shape index (κ1) is 13.1. The van der Waals surface area contributed by atoms with E-state index >= 15 is 0 Å². The number of nitrogens with zero attached hydrogens (tertiary/aromatic N) is 2. The minimum Gasteiger partial charge on any atom is -0.339 e. The van der Waals surface area contributed by atoms with Crippen molar-refractivity contribution in [2.75, 3.05) is 13.1 Å². The van der Waals surface area contributed by atoms with Crippen LogP contribution in [0.2, 0.25) is 0 Å². The van der Waals surface area contributed by atoms with E-state index in [1.807, 2.05) is 0 Å².